The van der Waals surface area contributed by atoms with Crippen molar-refractivity contribution < 1.29 is 14.3 Å². The van der Waals surface area contributed by atoms with Crippen LogP contribution in [-0.2, 0) is 9.53 Å². The van der Waals surface area contributed by atoms with Crippen molar-refractivity contribution in [2.24, 2.45) is 0 Å². The molecule has 0 unspecified atom stereocenters. The van der Waals surface area contributed by atoms with Gasteiger partial charge in [-0.2, -0.15) is 0 Å². The van der Waals surface area contributed by atoms with E-state index in [0.29, 0.717) is 24.4 Å². The van der Waals surface area contributed by atoms with E-state index in [1.807, 2.05) is 30.3 Å². The average Bonchev–Trinajstić information content (AvgIpc) is 2.61. The zero-order valence-electron chi connectivity index (χ0n) is 14.8. The van der Waals surface area contributed by atoms with Gasteiger partial charge in [-0.1, -0.05) is 32.0 Å². The topological polar surface area (TPSA) is 67.4 Å². The van der Waals surface area contributed by atoms with E-state index in [2.05, 4.69) is 24.5 Å². The Hall–Kier alpha value is -2.82. The summed E-state index contributed by atoms with van der Waals surface area (Å²) in [6.45, 7) is 4.74. The maximum Gasteiger partial charge on any atom is 0.337 e. The number of anilines is 2. The minimum absolute atomic E-state index is 0.0612. The molecule has 2 rings (SSSR count). The predicted molar refractivity (Wildman–Crippen MR) is 100 cm³/mol. The fourth-order valence-corrected chi connectivity index (χ4v) is 2.37. The van der Waals surface area contributed by atoms with Crippen LogP contribution in [0.15, 0.2) is 48.5 Å². The maximum absolute atomic E-state index is 12.0. The number of hydrogen-bond donors (Lipinski definition) is 2. The highest BCUT2D eigenvalue weighted by molar-refractivity contribution is 5.91. The molecule has 0 aliphatic rings. The molecule has 2 aromatic rings. The summed E-state index contributed by atoms with van der Waals surface area (Å²) >= 11 is 0. The van der Waals surface area contributed by atoms with Crippen LogP contribution >= 0.6 is 0 Å². The van der Waals surface area contributed by atoms with Crippen molar-refractivity contribution in [2.45, 2.75) is 26.2 Å². The molecule has 0 saturated carbocycles. The lowest BCUT2D eigenvalue weighted by Crippen LogP contribution is -2.16. The molecule has 0 saturated heterocycles. The average molecular weight is 340 g/mol. The number of benzene rings is 2. The molecule has 0 aliphatic carbocycles. The molecule has 0 atom stereocenters. The van der Waals surface area contributed by atoms with Gasteiger partial charge in [0.25, 0.3) is 0 Å². The fourth-order valence-electron chi connectivity index (χ4n) is 2.37. The Bertz CT molecular complexity index is 724. The van der Waals surface area contributed by atoms with E-state index in [4.69, 9.17) is 4.74 Å². The zero-order valence-corrected chi connectivity index (χ0v) is 14.8. The van der Waals surface area contributed by atoms with Crippen molar-refractivity contribution in [3.8, 4) is 0 Å². The van der Waals surface area contributed by atoms with Crippen LogP contribution < -0.4 is 10.6 Å². The van der Waals surface area contributed by atoms with E-state index in [9.17, 15) is 9.59 Å². The van der Waals surface area contributed by atoms with Crippen molar-refractivity contribution in [3.63, 3.8) is 0 Å². The van der Waals surface area contributed by atoms with Gasteiger partial charge in [0.05, 0.1) is 12.7 Å². The van der Waals surface area contributed by atoms with Gasteiger partial charge in [-0.3, -0.25) is 4.79 Å². The van der Waals surface area contributed by atoms with Gasteiger partial charge in [-0.25, -0.2) is 4.79 Å². The predicted octanol–water partition coefficient (Wildman–Crippen LogP) is 4.04. The SMILES string of the molecule is COC(=O)c1cccc(NCCC(=O)Nc2ccc(C(C)C)cc2)c1. The summed E-state index contributed by atoms with van der Waals surface area (Å²) in [5, 5.41) is 6.02. The molecule has 5 nitrogen and oxygen atoms in total. The summed E-state index contributed by atoms with van der Waals surface area (Å²) in [6, 6.07) is 14.9. The molecule has 0 fully saturated rings. The van der Waals surface area contributed by atoms with Crippen LogP contribution in [0, 0.1) is 0 Å². The van der Waals surface area contributed by atoms with E-state index in [1.54, 1.807) is 18.2 Å². The highest BCUT2D eigenvalue weighted by Gasteiger charge is 2.07. The van der Waals surface area contributed by atoms with Crippen LogP contribution in [-0.4, -0.2) is 25.5 Å². The second-order valence-electron chi connectivity index (χ2n) is 6.07. The summed E-state index contributed by atoms with van der Waals surface area (Å²) in [5.74, 6) is 0.0230. The number of rotatable bonds is 7. The number of amides is 1. The third kappa shape index (κ3) is 5.64. The highest BCUT2D eigenvalue weighted by atomic mass is 16.5. The summed E-state index contributed by atoms with van der Waals surface area (Å²) in [5.41, 5.74) is 3.28. The first-order valence-corrected chi connectivity index (χ1v) is 8.31. The minimum atomic E-state index is -0.383. The quantitative estimate of drug-likeness (QED) is 0.747. The van der Waals surface area contributed by atoms with E-state index in [0.717, 1.165) is 11.4 Å². The van der Waals surface area contributed by atoms with Gasteiger partial charge in [0, 0.05) is 24.3 Å². The summed E-state index contributed by atoms with van der Waals surface area (Å²) in [4.78, 5) is 23.5. The third-order valence-electron chi connectivity index (χ3n) is 3.83. The van der Waals surface area contributed by atoms with Gasteiger partial charge in [-0.05, 0) is 41.8 Å². The summed E-state index contributed by atoms with van der Waals surface area (Å²) in [6.07, 6.45) is 0.328. The maximum atomic E-state index is 12.0. The largest absolute Gasteiger partial charge is 0.465 e. The molecular weight excluding hydrogens is 316 g/mol. The molecule has 25 heavy (non-hydrogen) atoms. The third-order valence-corrected chi connectivity index (χ3v) is 3.83. The Labute approximate surface area is 148 Å². The van der Waals surface area contributed by atoms with Gasteiger partial charge in [0.1, 0.15) is 0 Å². The lowest BCUT2D eigenvalue weighted by Gasteiger charge is -2.10. The molecule has 132 valence electrons. The Morgan fingerprint density at radius 1 is 1.04 bits per heavy atom. The van der Waals surface area contributed by atoms with Crippen molar-refractivity contribution in [1.82, 2.24) is 0 Å². The first-order chi connectivity index (χ1) is 12.0. The molecule has 0 aliphatic heterocycles. The normalized spacial score (nSPS) is 10.4. The van der Waals surface area contributed by atoms with Crippen molar-refractivity contribution in [3.05, 3.63) is 59.7 Å². The van der Waals surface area contributed by atoms with E-state index in [-0.39, 0.29) is 11.9 Å². The number of hydrogen-bond acceptors (Lipinski definition) is 4. The Balaban J connectivity index is 1.81. The smallest absolute Gasteiger partial charge is 0.337 e. The number of methoxy groups -OCH3 is 1. The van der Waals surface area contributed by atoms with Crippen LogP contribution in [0.4, 0.5) is 11.4 Å². The van der Waals surface area contributed by atoms with Crippen LogP contribution in [0.25, 0.3) is 0 Å². The van der Waals surface area contributed by atoms with Gasteiger partial charge >= 0.3 is 5.97 Å². The molecule has 0 bridgehead atoms. The molecule has 2 aromatic carbocycles. The lowest BCUT2D eigenvalue weighted by molar-refractivity contribution is -0.115. The van der Waals surface area contributed by atoms with Crippen molar-refractivity contribution in [1.29, 1.82) is 0 Å². The molecular formula is C20H24N2O3. The molecule has 2 N–H and O–H groups in total. The van der Waals surface area contributed by atoms with Gasteiger partial charge in [0.15, 0.2) is 0 Å². The van der Waals surface area contributed by atoms with E-state index < -0.39 is 0 Å². The van der Waals surface area contributed by atoms with E-state index in [1.165, 1.54) is 12.7 Å². The molecule has 5 heteroatoms. The molecule has 0 heterocycles. The van der Waals surface area contributed by atoms with E-state index >= 15 is 0 Å². The molecule has 0 radical (unpaired) electrons. The van der Waals surface area contributed by atoms with Gasteiger partial charge < -0.3 is 15.4 Å². The summed E-state index contributed by atoms with van der Waals surface area (Å²) < 4.78 is 4.69. The molecule has 1 amide bonds. The second-order valence-corrected chi connectivity index (χ2v) is 6.07. The van der Waals surface area contributed by atoms with Crippen LogP contribution in [0.2, 0.25) is 0 Å². The van der Waals surface area contributed by atoms with Gasteiger partial charge in [-0.15, -0.1) is 0 Å². The number of nitrogens with one attached hydrogen (secondary N) is 2. The number of carbonyl (C=O) groups is 2. The van der Waals surface area contributed by atoms with Gasteiger partial charge in [0.2, 0.25) is 5.91 Å². The monoisotopic (exact) mass is 340 g/mol. The van der Waals surface area contributed by atoms with Crippen LogP contribution in [0.3, 0.4) is 0 Å². The number of esters is 1. The first-order valence-electron chi connectivity index (χ1n) is 8.31. The van der Waals surface area contributed by atoms with Crippen molar-refractivity contribution in [2.75, 3.05) is 24.3 Å². The van der Waals surface area contributed by atoms with Crippen molar-refractivity contribution >= 4 is 23.3 Å². The van der Waals surface area contributed by atoms with Crippen LogP contribution in [0.5, 0.6) is 0 Å². The zero-order chi connectivity index (χ0) is 18.2. The van der Waals surface area contributed by atoms with Crippen LogP contribution in [0.1, 0.15) is 42.1 Å². The minimum Gasteiger partial charge on any atom is -0.465 e. The lowest BCUT2D eigenvalue weighted by atomic mass is 10.0. The highest BCUT2D eigenvalue weighted by Crippen LogP contribution is 2.17. The molecule has 0 spiro atoms. The second kappa shape index (κ2) is 8.87. The number of ether oxygens (including phenoxy) is 1. The Morgan fingerprint density at radius 2 is 1.76 bits per heavy atom. The Morgan fingerprint density at radius 3 is 2.40 bits per heavy atom. The summed E-state index contributed by atoms with van der Waals surface area (Å²) in [7, 11) is 1.35. The fraction of sp³-hybridized carbons (Fsp3) is 0.300. The molecule has 0 aromatic heterocycles. The standard InChI is InChI=1S/C20H24N2O3/c1-14(2)15-7-9-17(10-8-15)22-19(23)11-12-21-18-6-4-5-16(13-18)20(24)25-3/h4-10,13-14,21H,11-12H2,1-3H3,(H,22,23). The number of carbonyl (C=O) groups excluding carboxylic acids is 2. The first kappa shape index (κ1) is 18.5. The Kier molecular flexibility index (Phi) is 6.57.